The van der Waals surface area contributed by atoms with Crippen LogP contribution in [0.15, 0.2) is 54.3 Å². The van der Waals surface area contributed by atoms with E-state index in [9.17, 15) is 0 Å². The summed E-state index contributed by atoms with van der Waals surface area (Å²) in [5, 5.41) is 7.56. The molecular weight excluding hydrogens is 304 g/mol. The second-order valence-electron chi connectivity index (χ2n) is 6.09. The van der Waals surface area contributed by atoms with Crippen molar-refractivity contribution in [3.8, 4) is 0 Å². The number of nitrogens with zero attached hydrogens (tertiary/aromatic N) is 4. The van der Waals surface area contributed by atoms with Crippen LogP contribution < -0.4 is 0 Å². The van der Waals surface area contributed by atoms with E-state index in [-0.39, 0.29) is 0 Å². The molecule has 0 bridgehead atoms. The molecule has 2 heterocycles. The van der Waals surface area contributed by atoms with E-state index in [4.69, 9.17) is 0 Å². The molecule has 0 amide bonds. The highest BCUT2D eigenvalue weighted by Gasteiger charge is 2.29. The molecule has 118 valence electrons. The van der Waals surface area contributed by atoms with Gasteiger partial charge in [0.05, 0.1) is 13.1 Å². The zero-order chi connectivity index (χ0) is 15.5. The van der Waals surface area contributed by atoms with E-state index >= 15 is 0 Å². The van der Waals surface area contributed by atoms with Crippen LogP contribution in [0.1, 0.15) is 29.0 Å². The lowest BCUT2D eigenvalue weighted by Gasteiger charge is -2.21. The minimum atomic E-state index is 0.730. The van der Waals surface area contributed by atoms with Crippen molar-refractivity contribution in [3.63, 3.8) is 0 Å². The van der Waals surface area contributed by atoms with Gasteiger partial charge in [-0.25, -0.2) is 4.98 Å². The maximum absolute atomic E-state index is 4.44. The molecule has 4 nitrogen and oxygen atoms in total. The topological polar surface area (TPSA) is 34.0 Å². The van der Waals surface area contributed by atoms with Crippen LogP contribution >= 0.6 is 11.3 Å². The molecule has 0 N–H and O–H groups in total. The predicted molar refractivity (Wildman–Crippen MR) is 92.2 cm³/mol. The van der Waals surface area contributed by atoms with Gasteiger partial charge in [-0.1, -0.05) is 24.3 Å². The maximum Gasteiger partial charge on any atom is 0.107 e. The van der Waals surface area contributed by atoms with E-state index in [0.717, 1.165) is 25.7 Å². The fraction of sp³-hybridized carbons (Fsp3) is 0.333. The van der Waals surface area contributed by atoms with Crippen molar-refractivity contribution in [2.75, 3.05) is 0 Å². The molecule has 0 spiro atoms. The predicted octanol–water partition coefficient (Wildman–Crippen LogP) is 3.55. The van der Waals surface area contributed by atoms with Gasteiger partial charge < -0.3 is 0 Å². The second-order valence-corrected chi connectivity index (χ2v) is 7.06. The summed E-state index contributed by atoms with van der Waals surface area (Å²) in [6.07, 6.45) is 8.37. The van der Waals surface area contributed by atoms with E-state index in [1.165, 1.54) is 29.0 Å². The van der Waals surface area contributed by atoms with Crippen LogP contribution in [0.3, 0.4) is 0 Å². The largest absolute Gasteiger partial charge is 0.289 e. The fourth-order valence-corrected chi connectivity index (χ4v) is 3.54. The first kappa shape index (κ1) is 14.6. The smallest absolute Gasteiger partial charge is 0.107 e. The van der Waals surface area contributed by atoms with Gasteiger partial charge in [0.25, 0.3) is 0 Å². The van der Waals surface area contributed by atoms with Crippen molar-refractivity contribution in [2.45, 2.75) is 38.5 Å². The van der Waals surface area contributed by atoms with E-state index in [1.807, 2.05) is 29.3 Å². The molecule has 0 atom stereocenters. The Morgan fingerprint density at radius 1 is 1.13 bits per heavy atom. The highest BCUT2D eigenvalue weighted by atomic mass is 32.1. The Hall–Kier alpha value is -1.98. The Morgan fingerprint density at radius 3 is 2.78 bits per heavy atom. The van der Waals surface area contributed by atoms with E-state index in [2.05, 4.69) is 44.6 Å². The van der Waals surface area contributed by atoms with Crippen LogP contribution in [0.25, 0.3) is 0 Å². The first-order valence-corrected chi connectivity index (χ1v) is 8.92. The summed E-state index contributed by atoms with van der Waals surface area (Å²) in [6.45, 7) is 2.79. The second kappa shape index (κ2) is 6.64. The van der Waals surface area contributed by atoms with Gasteiger partial charge in [-0.2, -0.15) is 5.10 Å². The molecule has 0 saturated heterocycles. The zero-order valence-corrected chi connectivity index (χ0v) is 13.8. The quantitative estimate of drug-likeness (QED) is 0.666. The van der Waals surface area contributed by atoms with E-state index < -0.39 is 0 Å². The van der Waals surface area contributed by atoms with Crippen molar-refractivity contribution in [1.29, 1.82) is 0 Å². The summed E-state index contributed by atoms with van der Waals surface area (Å²) in [5.41, 5.74) is 2.68. The molecule has 2 aromatic heterocycles. The van der Waals surface area contributed by atoms with Gasteiger partial charge in [0, 0.05) is 36.6 Å². The lowest BCUT2D eigenvalue weighted by Crippen LogP contribution is -2.25. The molecular formula is C18H20N4S. The molecule has 0 aliphatic heterocycles. The number of thiazole rings is 1. The molecule has 23 heavy (non-hydrogen) atoms. The number of rotatable bonds is 7. The third-order valence-corrected chi connectivity index (χ3v) is 4.93. The average molecular weight is 324 g/mol. The molecule has 1 aliphatic rings. The molecule has 1 aromatic carbocycles. The van der Waals surface area contributed by atoms with Gasteiger partial charge in [0.15, 0.2) is 0 Å². The van der Waals surface area contributed by atoms with Crippen molar-refractivity contribution in [3.05, 3.63) is 70.4 Å². The van der Waals surface area contributed by atoms with E-state index in [0.29, 0.717) is 0 Å². The molecule has 4 rings (SSSR count). The minimum absolute atomic E-state index is 0.730. The third-order valence-electron chi connectivity index (χ3n) is 4.17. The highest BCUT2D eigenvalue weighted by Crippen LogP contribution is 2.30. The van der Waals surface area contributed by atoms with Crippen LogP contribution in [-0.4, -0.2) is 25.7 Å². The Labute approximate surface area is 140 Å². The van der Waals surface area contributed by atoms with Crippen LogP contribution in [0.4, 0.5) is 0 Å². The lowest BCUT2D eigenvalue weighted by molar-refractivity contribution is 0.245. The normalized spacial score (nSPS) is 14.5. The summed E-state index contributed by atoms with van der Waals surface area (Å²) >= 11 is 1.75. The fourth-order valence-electron chi connectivity index (χ4n) is 2.90. The van der Waals surface area contributed by atoms with Crippen molar-refractivity contribution >= 4 is 11.3 Å². The standard InChI is InChI=1S/C18H20N4S/c1-3-15(11-16(4-1)13-22-9-2-7-20-22)12-21(17-5-6-17)14-18-19-8-10-23-18/h1-4,7-11,17H,5-6,12-14H2. The average Bonchev–Trinajstić information content (AvgIpc) is 3.04. The van der Waals surface area contributed by atoms with Gasteiger partial charge >= 0.3 is 0 Å². The zero-order valence-electron chi connectivity index (χ0n) is 13.0. The molecule has 0 unspecified atom stereocenters. The van der Waals surface area contributed by atoms with E-state index in [1.54, 1.807) is 11.3 Å². The molecule has 1 saturated carbocycles. The number of hydrogen-bond donors (Lipinski definition) is 0. The van der Waals surface area contributed by atoms with Crippen molar-refractivity contribution in [2.24, 2.45) is 0 Å². The van der Waals surface area contributed by atoms with Gasteiger partial charge in [0.2, 0.25) is 0 Å². The number of aromatic nitrogens is 3. The van der Waals surface area contributed by atoms with Crippen molar-refractivity contribution < 1.29 is 0 Å². The summed E-state index contributed by atoms with van der Waals surface area (Å²) < 4.78 is 1.97. The number of benzene rings is 1. The van der Waals surface area contributed by atoms with Gasteiger partial charge in [-0.3, -0.25) is 9.58 Å². The SMILES string of the molecule is c1cc(CN(Cc2nccs2)C2CC2)cc(Cn2cccn2)c1. The number of hydrogen-bond acceptors (Lipinski definition) is 4. The first-order valence-electron chi connectivity index (χ1n) is 8.04. The Bertz CT molecular complexity index is 732. The molecule has 3 aromatic rings. The molecule has 1 aliphatic carbocycles. The summed E-state index contributed by atoms with van der Waals surface area (Å²) in [5.74, 6) is 0. The van der Waals surface area contributed by atoms with Crippen LogP contribution in [0.2, 0.25) is 0 Å². The molecule has 5 heteroatoms. The van der Waals surface area contributed by atoms with Crippen LogP contribution in [0, 0.1) is 0 Å². The first-order chi connectivity index (χ1) is 11.4. The minimum Gasteiger partial charge on any atom is -0.289 e. The van der Waals surface area contributed by atoms with Gasteiger partial charge in [-0.05, 0) is 30.0 Å². The Balaban J connectivity index is 1.46. The van der Waals surface area contributed by atoms with Gasteiger partial charge in [0.1, 0.15) is 5.01 Å². The van der Waals surface area contributed by atoms with Gasteiger partial charge in [-0.15, -0.1) is 11.3 Å². The summed E-state index contributed by atoms with van der Waals surface area (Å²) in [4.78, 5) is 7.00. The Kier molecular flexibility index (Phi) is 4.22. The van der Waals surface area contributed by atoms with Crippen molar-refractivity contribution in [1.82, 2.24) is 19.7 Å². The monoisotopic (exact) mass is 324 g/mol. The highest BCUT2D eigenvalue weighted by molar-refractivity contribution is 7.09. The third kappa shape index (κ3) is 3.86. The lowest BCUT2D eigenvalue weighted by atomic mass is 10.1. The summed E-state index contributed by atoms with van der Waals surface area (Å²) in [6, 6.07) is 11.6. The van der Waals surface area contributed by atoms with Crippen LogP contribution in [0.5, 0.6) is 0 Å². The maximum atomic E-state index is 4.44. The molecule has 0 radical (unpaired) electrons. The molecule has 1 fully saturated rings. The Morgan fingerprint density at radius 2 is 2.04 bits per heavy atom. The summed E-state index contributed by atoms with van der Waals surface area (Å²) in [7, 11) is 0. The van der Waals surface area contributed by atoms with Crippen LogP contribution in [-0.2, 0) is 19.6 Å².